The molecule has 0 bridgehead atoms. The molecule has 0 saturated heterocycles. The zero-order valence-corrected chi connectivity index (χ0v) is 7.25. The van der Waals surface area contributed by atoms with Gasteiger partial charge in [0.25, 0.3) is 0 Å². The maximum atomic E-state index is 9.93. The van der Waals surface area contributed by atoms with E-state index in [1.165, 1.54) is 12.8 Å². The zero-order chi connectivity index (χ0) is 8.53. The van der Waals surface area contributed by atoms with E-state index < -0.39 is 0 Å². The van der Waals surface area contributed by atoms with Gasteiger partial charge in [-0.25, -0.2) is 0 Å². The number of hydrogen-bond acceptors (Lipinski definition) is 2. The van der Waals surface area contributed by atoms with E-state index in [-0.39, 0.29) is 6.10 Å². The van der Waals surface area contributed by atoms with Gasteiger partial charge in [-0.3, -0.25) is 0 Å². The minimum atomic E-state index is -0.258. The molecule has 1 N–H and O–H groups in total. The molecule has 0 saturated carbocycles. The summed E-state index contributed by atoms with van der Waals surface area (Å²) in [7, 11) is 0. The lowest BCUT2D eigenvalue weighted by molar-refractivity contribution is -0.108. The summed E-state index contributed by atoms with van der Waals surface area (Å²) in [6, 6.07) is 0. The number of aliphatic hydroxyl groups excluding tert-OH is 1. The molecule has 0 fully saturated rings. The highest BCUT2D eigenvalue weighted by Gasteiger charge is 2.01. The molecule has 0 aliphatic heterocycles. The van der Waals surface area contributed by atoms with E-state index in [4.69, 9.17) is 0 Å². The van der Waals surface area contributed by atoms with E-state index >= 15 is 0 Å². The van der Waals surface area contributed by atoms with Gasteiger partial charge in [-0.15, -0.1) is 0 Å². The molecule has 0 aliphatic rings. The number of rotatable bonds is 7. The molecule has 11 heavy (non-hydrogen) atoms. The van der Waals surface area contributed by atoms with Crippen LogP contribution >= 0.6 is 0 Å². The number of aliphatic hydroxyl groups is 1. The molecule has 1 unspecified atom stereocenters. The highest BCUT2D eigenvalue weighted by Crippen LogP contribution is 2.06. The zero-order valence-electron chi connectivity index (χ0n) is 7.25. The molecule has 0 rings (SSSR count). The van der Waals surface area contributed by atoms with Crippen molar-refractivity contribution in [3.05, 3.63) is 0 Å². The van der Waals surface area contributed by atoms with Gasteiger partial charge in [0, 0.05) is 6.42 Å². The summed E-state index contributed by atoms with van der Waals surface area (Å²) in [6.45, 7) is 2.14. The predicted octanol–water partition coefficient (Wildman–Crippen LogP) is 1.91. The first-order valence-electron chi connectivity index (χ1n) is 4.43. The van der Waals surface area contributed by atoms with Crippen LogP contribution in [0.2, 0.25) is 0 Å². The van der Waals surface area contributed by atoms with Crippen LogP contribution in [0.15, 0.2) is 0 Å². The van der Waals surface area contributed by atoms with E-state index in [1.54, 1.807) is 0 Å². The molecule has 0 spiro atoms. The van der Waals surface area contributed by atoms with Gasteiger partial charge < -0.3 is 9.90 Å². The van der Waals surface area contributed by atoms with Gasteiger partial charge in [0.1, 0.15) is 6.29 Å². The Hall–Kier alpha value is -0.370. The van der Waals surface area contributed by atoms with Gasteiger partial charge in [0.15, 0.2) is 0 Å². The first kappa shape index (κ1) is 10.6. The molecule has 66 valence electrons. The molecule has 0 radical (unpaired) electrons. The van der Waals surface area contributed by atoms with Crippen molar-refractivity contribution in [2.45, 2.75) is 51.6 Å². The molecule has 0 aromatic rings. The lowest BCUT2D eigenvalue weighted by atomic mass is 10.1. The number of hydrogen-bond donors (Lipinski definition) is 1. The summed E-state index contributed by atoms with van der Waals surface area (Å²) in [5.41, 5.74) is 0. The number of carbonyl (C=O) groups is 1. The molecule has 0 aromatic heterocycles. The Morgan fingerprint density at radius 2 is 2.09 bits per heavy atom. The quantitative estimate of drug-likeness (QED) is 0.454. The minimum absolute atomic E-state index is 0.258. The average molecular weight is 158 g/mol. The Labute approximate surface area is 68.6 Å². The van der Waals surface area contributed by atoms with E-state index in [0.29, 0.717) is 12.8 Å². The summed E-state index contributed by atoms with van der Waals surface area (Å²) in [5, 5.41) is 9.25. The maximum Gasteiger partial charge on any atom is 0.120 e. The Morgan fingerprint density at radius 1 is 1.36 bits per heavy atom. The Balaban J connectivity index is 3.08. The van der Waals surface area contributed by atoms with Crippen LogP contribution in [-0.4, -0.2) is 17.5 Å². The van der Waals surface area contributed by atoms with E-state index in [1.807, 2.05) is 0 Å². The van der Waals surface area contributed by atoms with E-state index in [9.17, 15) is 9.90 Å². The van der Waals surface area contributed by atoms with Crippen molar-refractivity contribution in [1.29, 1.82) is 0 Å². The standard InChI is InChI=1S/C9H18O2/c1-2-3-4-6-9(11)7-5-8-10/h8-9,11H,2-7H2,1H3. The highest BCUT2D eigenvalue weighted by molar-refractivity contribution is 5.49. The molecule has 0 heterocycles. The van der Waals surface area contributed by atoms with Gasteiger partial charge in [-0.1, -0.05) is 26.2 Å². The van der Waals surface area contributed by atoms with Crippen molar-refractivity contribution in [3.8, 4) is 0 Å². The normalized spacial score (nSPS) is 12.9. The second-order valence-corrected chi connectivity index (χ2v) is 2.89. The third-order valence-electron chi connectivity index (χ3n) is 1.76. The fraction of sp³-hybridized carbons (Fsp3) is 0.889. The highest BCUT2D eigenvalue weighted by atomic mass is 16.3. The van der Waals surface area contributed by atoms with Gasteiger partial charge in [-0.05, 0) is 12.8 Å². The van der Waals surface area contributed by atoms with E-state index in [2.05, 4.69) is 6.92 Å². The van der Waals surface area contributed by atoms with Crippen molar-refractivity contribution in [2.24, 2.45) is 0 Å². The predicted molar refractivity (Wildman–Crippen MR) is 45.4 cm³/mol. The van der Waals surface area contributed by atoms with Crippen LogP contribution in [0.4, 0.5) is 0 Å². The minimum Gasteiger partial charge on any atom is -0.393 e. The van der Waals surface area contributed by atoms with Gasteiger partial charge in [0.2, 0.25) is 0 Å². The molecule has 1 atom stereocenters. The lowest BCUT2D eigenvalue weighted by Gasteiger charge is -2.06. The van der Waals surface area contributed by atoms with Gasteiger partial charge >= 0.3 is 0 Å². The summed E-state index contributed by atoms with van der Waals surface area (Å²) in [4.78, 5) is 9.93. The van der Waals surface area contributed by atoms with Crippen LogP contribution in [0.3, 0.4) is 0 Å². The lowest BCUT2D eigenvalue weighted by Crippen LogP contribution is -2.05. The third kappa shape index (κ3) is 7.53. The molecule has 0 amide bonds. The first-order valence-corrected chi connectivity index (χ1v) is 4.43. The molecular formula is C9H18O2. The average Bonchev–Trinajstić information content (AvgIpc) is 2.01. The smallest absolute Gasteiger partial charge is 0.120 e. The van der Waals surface area contributed by atoms with Crippen molar-refractivity contribution in [3.63, 3.8) is 0 Å². The second kappa shape index (κ2) is 7.73. The topological polar surface area (TPSA) is 37.3 Å². The van der Waals surface area contributed by atoms with Crippen molar-refractivity contribution >= 4 is 6.29 Å². The molecular weight excluding hydrogens is 140 g/mol. The van der Waals surface area contributed by atoms with Crippen LogP contribution < -0.4 is 0 Å². The number of unbranched alkanes of at least 4 members (excludes halogenated alkanes) is 2. The Kier molecular flexibility index (Phi) is 7.47. The number of aldehydes is 1. The van der Waals surface area contributed by atoms with Crippen LogP contribution in [0.25, 0.3) is 0 Å². The second-order valence-electron chi connectivity index (χ2n) is 2.89. The molecule has 2 heteroatoms. The summed E-state index contributed by atoms with van der Waals surface area (Å²) < 4.78 is 0. The first-order chi connectivity index (χ1) is 5.31. The van der Waals surface area contributed by atoms with E-state index in [0.717, 1.165) is 19.1 Å². The molecule has 2 nitrogen and oxygen atoms in total. The Morgan fingerprint density at radius 3 is 2.64 bits per heavy atom. The van der Waals surface area contributed by atoms with Gasteiger partial charge in [-0.2, -0.15) is 0 Å². The maximum absolute atomic E-state index is 9.93. The van der Waals surface area contributed by atoms with Crippen molar-refractivity contribution in [1.82, 2.24) is 0 Å². The third-order valence-corrected chi connectivity index (χ3v) is 1.76. The van der Waals surface area contributed by atoms with Crippen LogP contribution in [0.1, 0.15) is 45.4 Å². The van der Waals surface area contributed by atoms with Gasteiger partial charge in [0.05, 0.1) is 6.10 Å². The largest absolute Gasteiger partial charge is 0.393 e. The van der Waals surface area contributed by atoms with Crippen LogP contribution in [0, 0.1) is 0 Å². The molecule has 0 aromatic carbocycles. The van der Waals surface area contributed by atoms with Crippen LogP contribution in [-0.2, 0) is 4.79 Å². The Bertz CT molecular complexity index is 91.6. The fourth-order valence-electron chi connectivity index (χ4n) is 1.03. The fourth-order valence-corrected chi connectivity index (χ4v) is 1.03. The summed E-state index contributed by atoms with van der Waals surface area (Å²) in [6.07, 6.45) is 6.02. The monoisotopic (exact) mass is 158 g/mol. The summed E-state index contributed by atoms with van der Waals surface area (Å²) >= 11 is 0. The summed E-state index contributed by atoms with van der Waals surface area (Å²) in [5.74, 6) is 0. The SMILES string of the molecule is CCCCCC(O)CCC=O. The van der Waals surface area contributed by atoms with Crippen LogP contribution in [0.5, 0.6) is 0 Å². The number of carbonyl (C=O) groups excluding carboxylic acids is 1. The van der Waals surface area contributed by atoms with Crippen molar-refractivity contribution < 1.29 is 9.90 Å². The molecule has 0 aliphatic carbocycles. The van der Waals surface area contributed by atoms with Crippen molar-refractivity contribution in [2.75, 3.05) is 0 Å².